The van der Waals surface area contributed by atoms with E-state index in [2.05, 4.69) is 20.1 Å². The van der Waals surface area contributed by atoms with Crippen LogP contribution in [-0.4, -0.2) is 63.8 Å². The van der Waals surface area contributed by atoms with Crippen LogP contribution in [0.4, 0.5) is 52.7 Å². The van der Waals surface area contributed by atoms with Crippen molar-refractivity contribution in [2.45, 2.75) is 62.6 Å². The van der Waals surface area contributed by atoms with E-state index in [1.165, 1.54) is 60.7 Å². The maximum Gasteiger partial charge on any atom is 0.419 e. The number of hydrogen-bond donors (Lipinski definition) is 2. The maximum atomic E-state index is 13.7. The third-order valence-corrected chi connectivity index (χ3v) is 8.99. The van der Waals surface area contributed by atoms with Gasteiger partial charge < -0.3 is 28.4 Å². The molecule has 0 saturated carbocycles. The number of nitrogens with one attached hydrogen (secondary N) is 2. The van der Waals surface area contributed by atoms with Gasteiger partial charge in [0.25, 0.3) is 0 Å². The lowest BCUT2D eigenvalue weighted by Gasteiger charge is -2.30. The topological polar surface area (TPSA) is 148 Å². The van der Waals surface area contributed by atoms with Crippen molar-refractivity contribution in [3.63, 3.8) is 0 Å². The van der Waals surface area contributed by atoms with E-state index in [-0.39, 0.29) is 23.3 Å². The molecule has 2 unspecified atom stereocenters. The Hall–Kier alpha value is -6.24. The molecule has 66 heavy (non-hydrogen) atoms. The van der Waals surface area contributed by atoms with Crippen LogP contribution in [0.15, 0.2) is 97.1 Å². The van der Waals surface area contributed by atoms with Crippen LogP contribution in [0.1, 0.15) is 56.6 Å². The molecular weight excluding hydrogens is 920 g/mol. The Morgan fingerprint density at radius 1 is 0.470 bits per heavy atom. The molecule has 24 heteroatoms. The minimum Gasteiger partial charge on any atom is -0.468 e. The smallest absolute Gasteiger partial charge is 0.419 e. The number of alkyl halides is 12. The van der Waals surface area contributed by atoms with Gasteiger partial charge in [0.1, 0.15) is 0 Å². The first kappa shape index (κ1) is 52.4. The van der Waals surface area contributed by atoms with Crippen LogP contribution in [0, 0.1) is 0 Å². The number of ether oxygens (including phenoxy) is 6. The van der Waals surface area contributed by atoms with E-state index >= 15 is 0 Å². The molecular formula is C42H36F12N2O10. The molecule has 0 aliphatic carbocycles. The molecule has 0 aliphatic rings. The van der Waals surface area contributed by atoms with Crippen molar-refractivity contribution in [3.05, 3.63) is 142 Å². The zero-order valence-corrected chi connectivity index (χ0v) is 34.0. The Bertz CT molecular complexity index is 2050. The number of hydrogen-bond acceptors (Lipinski definition) is 12. The highest BCUT2D eigenvalue weighted by Gasteiger charge is 2.40. The maximum absolute atomic E-state index is 13.7. The van der Waals surface area contributed by atoms with Crippen molar-refractivity contribution in [2.24, 2.45) is 0 Å². The van der Waals surface area contributed by atoms with Gasteiger partial charge in [-0.25, -0.2) is 9.59 Å². The molecule has 2 N–H and O–H groups in total. The molecule has 4 atom stereocenters. The van der Waals surface area contributed by atoms with Crippen LogP contribution in [0.3, 0.4) is 0 Å². The lowest BCUT2D eigenvalue weighted by molar-refractivity contribution is -0.213. The summed E-state index contributed by atoms with van der Waals surface area (Å²) in [6.45, 7) is -3.77. The van der Waals surface area contributed by atoms with Crippen molar-refractivity contribution in [3.8, 4) is 0 Å². The average Bonchev–Trinajstić information content (AvgIpc) is 3.26. The van der Waals surface area contributed by atoms with Gasteiger partial charge in [0.15, 0.2) is 0 Å². The third-order valence-electron chi connectivity index (χ3n) is 8.99. The van der Waals surface area contributed by atoms with Crippen LogP contribution in [0.5, 0.6) is 0 Å². The second-order valence-electron chi connectivity index (χ2n) is 13.7. The largest absolute Gasteiger partial charge is 0.468 e. The molecule has 0 radical (unpaired) electrons. The monoisotopic (exact) mass is 956 g/mol. The number of halogens is 12. The van der Waals surface area contributed by atoms with Gasteiger partial charge in [0.2, 0.25) is 12.6 Å². The summed E-state index contributed by atoms with van der Waals surface area (Å²) < 4.78 is 195. The second-order valence-corrected chi connectivity index (χ2v) is 13.7. The molecule has 0 fully saturated rings. The fraction of sp³-hybridized carbons (Fsp3) is 0.333. The van der Waals surface area contributed by atoms with Crippen LogP contribution in [-0.2, 0) is 85.5 Å². The lowest BCUT2D eigenvalue weighted by atomic mass is 10.0. The number of benzene rings is 4. The number of esters is 4. The van der Waals surface area contributed by atoms with Crippen LogP contribution in [0.2, 0.25) is 0 Å². The van der Waals surface area contributed by atoms with E-state index in [0.717, 1.165) is 14.2 Å². The minimum atomic E-state index is -5.29. The van der Waals surface area contributed by atoms with Crippen LogP contribution >= 0.6 is 0 Å². The Morgan fingerprint density at radius 3 is 1.02 bits per heavy atom. The standard InChI is InChI=1S/C42H36F12N2O10/c1-61-31(57)19-55-33(25-9-5-3-6-10-25)37(63-21-23-13-27(39(43,44)45)17-28(14-23)40(46,47)48)65-35(59)36(60)66-38(34(56-20-32(58)62-2)26-11-7-4-8-12-26)64-22-24-15-29(41(49,50)51)18-30(16-24)42(52,53)54/h3-18,33-34,37-38,55-56H,19-22H2,1-2H3/t33-,34-,37?,38?/m0/s1. The summed E-state index contributed by atoms with van der Waals surface area (Å²) in [6, 6.07) is 11.8. The summed E-state index contributed by atoms with van der Waals surface area (Å²) in [7, 11) is 1.97. The molecule has 4 rings (SSSR count). The van der Waals surface area contributed by atoms with E-state index < -0.39 is 133 Å². The van der Waals surface area contributed by atoms with Crippen molar-refractivity contribution < 1.29 is 100 Å². The highest BCUT2D eigenvalue weighted by molar-refractivity contribution is 6.29. The van der Waals surface area contributed by atoms with Gasteiger partial charge in [-0.2, -0.15) is 52.7 Å². The molecule has 0 spiro atoms. The molecule has 0 bridgehead atoms. The fourth-order valence-electron chi connectivity index (χ4n) is 5.86. The molecule has 0 saturated heterocycles. The van der Waals surface area contributed by atoms with Crippen molar-refractivity contribution in [1.82, 2.24) is 10.6 Å². The summed E-state index contributed by atoms with van der Waals surface area (Å²) in [6.07, 6.45) is -25.6. The van der Waals surface area contributed by atoms with Crippen molar-refractivity contribution in [1.29, 1.82) is 0 Å². The van der Waals surface area contributed by atoms with Gasteiger partial charge >= 0.3 is 48.6 Å². The zero-order chi connectivity index (χ0) is 49.0. The number of methoxy groups -OCH3 is 2. The Labute approximate surface area is 366 Å². The summed E-state index contributed by atoms with van der Waals surface area (Å²) in [4.78, 5) is 51.7. The van der Waals surface area contributed by atoms with E-state index in [4.69, 9.17) is 18.9 Å². The predicted octanol–water partition coefficient (Wildman–Crippen LogP) is 8.24. The number of carbonyl (C=O) groups excluding carboxylic acids is 4. The van der Waals surface area contributed by atoms with E-state index in [1.807, 2.05) is 0 Å². The van der Waals surface area contributed by atoms with Gasteiger partial charge in [-0.15, -0.1) is 0 Å². The van der Waals surface area contributed by atoms with Gasteiger partial charge in [-0.1, -0.05) is 60.7 Å². The van der Waals surface area contributed by atoms with Crippen molar-refractivity contribution >= 4 is 23.9 Å². The SMILES string of the molecule is COC(=O)CN[C@@H](c1ccccc1)C(OCc1cc(C(F)(F)F)cc(C(F)(F)F)c1)OC(=O)C(=O)OC(OCc1cc(C(F)(F)F)cc(C(F)(F)F)c1)[C@@H](NCC(=O)OC)c1ccccc1. The molecule has 0 aromatic heterocycles. The lowest BCUT2D eigenvalue weighted by Crippen LogP contribution is -2.43. The molecule has 12 nitrogen and oxygen atoms in total. The minimum absolute atomic E-state index is 0.0873. The number of carbonyl (C=O) groups is 4. The summed E-state index contributed by atoms with van der Waals surface area (Å²) in [5.74, 6) is -5.95. The van der Waals surface area contributed by atoms with E-state index in [9.17, 15) is 71.9 Å². The Balaban J connectivity index is 1.76. The van der Waals surface area contributed by atoms with Crippen molar-refractivity contribution in [2.75, 3.05) is 27.3 Å². The zero-order valence-electron chi connectivity index (χ0n) is 34.0. The van der Waals surface area contributed by atoms with Gasteiger partial charge in [-0.3, -0.25) is 20.2 Å². The molecule has 0 heterocycles. The molecule has 4 aromatic carbocycles. The first-order valence-corrected chi connectivity index (χ1v) is 18.7. The van der Waals surface area contributed by atoms with Gasteiger partial charge in [0.05, 0.1) is 74.9 Å². The molecule has 0 amide bonds. The predicted molar refractivity (Wildman–Crippen MR) is 201 cm³/mol. The van der Waals surface area contributed by atoms with Gasteiger partial charge in [-0.05, 0) is 58.7 Å². The molecule has 0 aliphatic heterocycles. The van der Waals surface area contributed by atoms with Crippen LogP contribution in [0.25, 0.3) is 0 Å². The quantitative estimate of drug-likeness (QED) is 0.0326. The summed E-state index contributed by atoms with van der Waals surface area (Å²) >= 11 is 0. The second kappa shape index (κ2) is 22.3. The summed E-state index contributed by atoms with van der Waals surface area (Å²) in [5, 5.41) is 5.19. The van der Waals surface area contributed by atoms with Gasteiger partial charge in [0, 0.05) is 0 Å². The fourth-order valence-corrected chi connectivity index (χ4v) is 5.86. The Kier molecular flexibility index (Phi) is 17.7. The summed E-state index contributed by atoms with van der Waals surface area (Å²) in [5.41, 5.74) is -8.31. The van der Waals surface area contributed by atoms with E-state index in [0.29, 0.717) is 24.3 Å². The molecule has 4 aromatic rings. The molecule has 358 valence electrons. The normalized spacial score (nSPS) is 14.1. The highest BCUT2D eigenvalue weighted by Crippen LogP contribution is 2.38. The first-order chi connectivity index (χ1) is 30.8. The average molecular weight is 957 g/mol. The first-order valence-electron chi connectivity index (χ1n) is 18.7. The third kappa shape index (κ3) is 15.4. The van der Waals surface area contributed by atoms with Crippen LogP contribution < -0.4 is 10.6 Å². The number of rotatable bonds is 18. The van der Waals surface area contributed by atoms with E-state index in [1.54, 1.807) is 0 Å². The highest BCUT2D eigenvalue weighted by atomic mass is 19.4. The Morgan fingerprint density at radius 2 is 0.758 bits per heavy atom.